The number of fused-ring (bicyclic) bond motifs is 1. The second kappa shape index (κ2) is 8.35. The molecule has 4 rings (SSSR count). The largest absolute Gasteiger partial charge is 0.410 e. The van der Waals surface area contributed by atoms with E-state index in [1.807, 2.05) is 0 Å². The fourth-order valence-corrected chi connectivity index (χ4v) is 3.75. The van der Waals surface area contributed by atoms with Crippen LogP contribution in [0.4, 0.5) is 20.6 Å². The van der Waals surface area contributed by atoms with Gasteiger partial charge in [-0.25, -0.2) is 9.18 Å². The highest BCUT2D eigenvalue weighted by atomic mass is 19.1. The van der Waals surface area contributed by atoms with Crippen molar-refractivity contribution < 1.29 is 28.6 Å². The van der Waals surface area contributed by atoms with Gasteiger partial charge in [0.1, 0.15) is 5.82 Å². The maximum Gasteiger partial charge on any atom is 0.410 e. The van der Waals surface area contributed by atoms with Gasteiger partial charge in [-0.2, -0.15) is 0 Å². The molecule has 9 heteroatoms. The summed E-state index contributed by atoms with van der Waals surface area (Å²) in [4.78, 5) is 37.7. The number of carbonyl (C=O) groups excluding carboxylic acids is 3. The van der Waals surface area contributed by atoms with E-state index >= 15 is 0 Å². The predicted octanol–water partition coefficient (Wildman–Crippen LogP) is 2.10. The van der Waals surface area contributed by atoms with Crippen molar-refractivity contribution in [3.63, 3.8) is 0 Å². The van der Waals surface area contributed by atoms with Crippen LogP contribution in [0.3, 0.4) is 0 Å². The van der Waals surface area contributed by atoms with Crippen molar-refractivity contribution in [3.8, 4) is 0 Å². The molecular formula is C22H22FN3O5. The molecule has 0 bridgehead atoms. The third kappa shape index (κ3) is 4.51. The Morgan fingerprint density at radius 3 is 2.87 bits per heavy atom. The molecule has 0 spiro atoms. The number of benzene rings is 2. The van der Waals surface area contributed by atoms with Crippen molar-refractivity contribution in [3.05, 3.63) is 59.4 Å². The average Bonchev–Trinajstić information content (AvgIpc) is 3.02. The average molecular weight is 427 g/mol. The summed E-state index contributed by atoms with van der Waals surface area (Å²) in [5, 5.41) is 15.9. The summed E-state index contributed by atoms with van der Waals surface area (Å²) in [7, 11) is 0. The van der Waals surface area contributed by atoms with Crippen LogP contribution in [-0.4, -0.2) is 41.9 Å². The first kappa shape index (κ1) is 20.8. The number of anilines is 2. The number of halogens is 1. The number of carbonyl (C=O) groups is 3. The molecule has 0 aliphatic carbocycles. The van der Waals surface area contributed by atoms with E-state index in [1.54, 1.807) is 30.3 Å². The third-order valence-corrected chi connectivity index (χ3v) is 5.38. The van der Waals surface area contributed by atoms with Gasteiger partial charge in [-0.05, 0) is 54.3 Å². The minimum Gasteiger partial charge on any atom is -0.407 e. The van der Waals surface area contributed by atoms with Crippen molar-refractivity contribution in [1.29, 1.82) is 0 Å². The van der Waals surface area contributed by atoms with E-state index in [1.165, 1.54) is 17.0 Å². The normalized spacial score (nSPS) is 20.3. The smallest absolute Gasteiger partial charge is 0.407 e. The molecule has 3 N–H and O–H groups in total. The summed E-state index contributed by atoms with van der Waals surface area (Å²) in [6.45, 7) is 0.337. The minimum absolute atomic E-state index is 0.0521. The van der Waals surface area contributed by atoms with Crippen LogP contribution < -0.4 is 15.5 Å². The minimum atomic E-state index is -2.26. The van der Waals surface area contributed by atoms with E-state index in [0.29, 0.717) is 36.2 Å². The van der Waals surface area contributed by atoms with E-state index in [4.69, 9.17) is 4.74 Å². The third-order valence-electron chi connectivity index (χ3n) is 5.38. The van der Waals surface area contributed by atoms with E-state index in [-0.39, 0.29) is 31.2 Å². The van der Waals surface area contributed by atoms with E-state index in [9.17, 15) is 23.9 Å². The predicted molar refractivity (Wildman–Crippen MR) is 110 cm³/mol. The van der Waals surface area contributed by atoms with Crippen LogP contribution in [0.2, 0.25) is 0 Å². The summed E-state index contributed by atoms with van der Waals surface area (Å²) in [5.74, 6) is -3.40. The number of alkyl carbamates (subject to hydrolysis) is 1. The summed E-state index contributed by atoms with van der Waals surface area (Å²) in [5.41, 5.74) is 2.86. The monoisotopic (exact) mass is 427 g/mol. The molecule has 0 saturated carbocycles. The van der Waals surface area contributed by atoms with Crippen molar-refractivity contribution in [1.82, 2.24) is 5.32 Å². The molecule has 1 fully saturated rings. The topological polar surface area (TPSA) is 108 Å². The molecule has 162 valence electrons. The number of hydrogen-bond donors (Lipinski definition) is 3. The molecule has 2 aliphatic heterocycles. The number of aryl methyl sites for hydroxylation is 1. The SMILES string of the molecule is O=C1CCc2cc(N3CC[C@](O)(OC(=O)NCCc4cccc(F)c4)C3=O)ccc2N1. The summed E-state index contributed by atoms with van der Waals surface area (Å²) < 4.78 is 18.2. The lowest BCUT2D eigenvalue weighted by Gasteiger charge is -2.24. The van der Waals surface area contributed by atoms with Crippen LogP contribution in [0.5, 0.6) is 0 Å². The fraction of sp³-hybridized carbons (Fsp3) is 0.318. The van der Waals surface area contributed by atoms with E-state index in [2.05, 4.69) is 10.6 Å². The molecule has 2 aromatic rings. The fourth-order valence-electron chi connectivity index (χ4n) is 3.75. The molecule has 8 nitrogen and oxygen atoms in total. The zero-order valence-corrected chi connectivity index (χ0v) is 16.7. The van der Waals surface area contributed by atoms with Crippen LogP contribution in [0, 0.1) is 5.82 Å². The van der Waals surface area contributed by atoms with Gasteiger partial charge in [0.15, 0.2) is 0 Å². The number of nitrogens with one attached hydrogen (secondary N) is 2. The molecule has 1 atom stereocenters. The Balaban J connectivity index is 1.35. The van der Waals surface area contributed by atoms with Gasteiger partial charge in [0, 0.05) is 37.3 Å². The zero-order valence-electron chi connectivity index (χ0n) is 16.7. The van der Waals surface area contributed by atoms with Gasteiger partial charge in [-0.3, -0.25) is 9.59 Å². The molecule has 0 unspecified atom stereocenters. The second-order valence-corrected chi connectivity index (χ2v) is 7.58. The lowest BCUT2D eigenvalue weighted by Crippen LogP contribution is -2.46. The van der Waals surface area contributed by atoms with Crippen LogP contribution in [-0.2, 0) is 27.2 Å². The second-order valence-electron chi connectivity index (χ2n) is 7.58. The lowest BCUT2D eigenvalue weighted by molar-refractivity contribution is -0.175. The summed E-state index contributed by atoms with van der Waals surface area (Å²) in [6.07, 6.45) is 0.300. The maximum absolute atomic E-state index is 13.2. The molecule has 1 saturated heterocycles. The first-order chi connectivity index (χ1) is 14.8. The number of rotatable bonds is 5. The quantitative estimate of drug-likeness (QED) is 0.634. The van der Waals surface area contributed by atoms with Crippen LogP contribution in [0.25, 0.3) is 0 Å². The zero-order chi connectivity index (χ0) is 22.0. The van der Waals surface area contributed by atoms with Crippen LogP contribution in [0.15, 0.2) is 42.5 Å². The number of ether oxygens (including phenoxy) is 1. The number of nitrogens with zero attached hydrogens (tertiary/aromatic N) is 1. The van der Waals surface area contributed by atoms with Gasteiger partial charge in [0.2, 0.25) is 5.91 Å². The maximum atomic E-state index is 13.2. The number of hydrogen-bond acceptors (Lipinski definition) is 5. The van der Waals surface area contributed by atoms with Crippen molar-refractivity contribution >= 4 is 29.3 Å². The highest BCUT2D eigenvalue weighted by Gasteiger charge is 2.49. The Hall–Kier alpha value is -3.46. The molecule has 0 aromatic heterocycles. The highest BCUT2D eigenvalue weighted by Crippen LogP contribution is 2.33. The molecule has 2 aliphatic rings. The van der Waals surface area contributed by atoms with Gasteiger partial charge in [-0.15, -0.1) is 0 Å². The Morgan fingerprint density at radius 2 is 2.06 bits per heavy atom. The molecule has 31 heavy (non-hydrogen) atoms. The number of amides is 3. The van der Waals surface area contributed by atoms with Crippen LogP contribution >= 0.6 is 0 Å². The number of aliphatic hydroxyl groups is 1. The lowest BCUT2D eigenvalue weighted by atomic mass is 10.0. The highest BCUT2D eigenvalue weighted by molar-refractivity contribution is 6.02. The Morgan fingerprint density at radius 1 is 1.23 bits per heavy atom. The van der Waals surface area contributed by atoms with Crippen molar-refractivity contribution in [2.75, 3.05) is 23.3 Å². The standard InChI is InChI=1S/C22H22FN3O5/c23-16-3-1-2-14(12-16)8-10-24-21(29)31-22(30)9-11-26(20(22)28)17-5-6-18-15(13-17)4-7-19(27)25-18/h1-3,5-6,12-13,30H,4,7-11H2,(H,24,29)(H,25,27)/t22-/m0/s1. The molecule has 2 heterocycles. The molecule has 2 aromatic carbocycles. The van der Waals surface area contributed by atoms with Gasteiger partial charge in [0.05, 0.1) is 0 Å². The van der Waals surface area contributed by atoms with E-state index in [0.717, 1.165) is 5.56 Å². The van der Waals surface area contributed by atoms with Gasteiger partial charge >= 0.3 is 6.09 Å². The Labute approximate surface area is 178 Å². The molecule has 3 amide bonds. The first-order valence-electron chi connectivity index (χ1n) is 10.0. The van der Waals surface area contributed by atoms with Gasteiger partial charge in [-0.1, -0.05) is 12.1 Å². The van der Waals surface area contributed by atoms with E-state index < -0.39 is 17.8 Å². The Kier molecular flexibility index (Phi) is 5.60. The summed E-state index contributed by atoms with van der Waals surface area (Å²) in [6, 6.07) is 11.2. The van der Waals surface area contributed by atoms with Crippen LogP contribution in [0.1, 0.15) is 24.0 Å². The van der Waals surface area contributed by atoms with Gasteiger partial charge < -0.3 is 25.4 Å². The molecular weight excluding hydrogens is 405 g/mol. The summed E-state index contributed by atoms with van der Waals surface area (Å²) >= 11 is 0. The molecule has 0 radical (unpaired) electrons. The van der Waals surface area contributed by atoms with Crippen molar-refractivity contribution in [2.45, 2.75) is 31.5 Å². The first-order valence-corrected chi connectivity index (χ1v) is 10.0. The van der Waals surface area contributed by atoms with Gasteiger partial charge in [0.25, 0.3) is 11.7 Å². The Bertz CT molecular complexity index is 1040. The van der Waals surface area contributed by atoms with Crippen molar-refractivity contribution in [2.24, 2.45) is 0 Å².